The third kappa shape index (κ3) is 3.56. The Hall–Kier alpha value is -2.97. The van der Waals surface area contributed by atoms with E-state index in [-0.39, 0.29) is 6.54 Å². The lowest BCUT2D eigenvalue weighted by atomic mass is 10.3. The smallest absolute Gasteiger partial charge is 0.408 e. The first-order valence-corrected chi connectivity index (χ1v) is 9.81. The number of benzene rings is 2. The van der Waals surface area contributed by atoms with Gasteiger partial charge in [0, 0.05) is 13.2 Å². The van der Waals surface area contributed by atoms with E-state index in [0.717, 1.165) is 10.2 Å². The number of amides is 1. The molecule has 0 saturated heterocycles. The first-order chi connectivity index (χ1) is 13.7. The van der Waals surface area contributed by atoms with Crippen molar-refractivity contribution >= 4 is 38.6 Å². The Morgan fingerprint density at radius 3 is 2.68 bits per heavy atom. The molecule has 0 fully saturated rings. The molecule has 28 heavy (non-hydrogen) atoms. The number of hydrogen-bond acceptors (Lipinski definition) is 5. The summed E-state index contributed by atoms with van der Waals surface area (Å²) in [7, 11) is 0. The average Bonchev–Trinajstić information content (AvgIpc) is 3.19. The number of carbonyl (C=O) groups is 1. The Bertz CT molecular complexity index is 1260. The van der Waals surface area contributed by atoms with Crippen LogP contribution in [0.25, 0.3) is 21.3 Å². The molecule has 1 amide bonds. The van der Waals surface area contributed by atoms with Gasteiger partial charge in [0.25, 0.3) is 5.91 Å². The van der Waals surface area contributed by atoms with Gasteiger partial charge in [-0.1, -0.05) is 35.6 Å². The maximum atomic E-state index is 12.6. The van der Waals surface area contributed by atoms with Gasteiger partial charge in [0.15, 0.2) is 10.4 Å². The lowest BCUT2D eigenvalue weighted by Crippen LogP contribution is -2.23. The van der Waals surface area contributed by atoms with E-state index in [4.69, 9.17) is 9.15 Å². The highest BCUT2D eigenvalue weighted by Gasteiger charge is 2.13. The largest absolute Gasteiger partial charge is 0.420 e. The first kappa shape index (κ1) is 18.4. The highest BCUT2D eigenvalue weighted by atomic mass is 32.1. The molecule has 0 spiro atoms. The van der Waals surface area contributed by atoms with Gasteiger partial charge in [0.2, 0.25) is 0 Å². The molecule has 0 N–H and O–H groups in total. The third-order valence-electron chi connectivity index (χ3n) is 4.34. The molecule has 144 valence electrons. The Morgan fingerprint density at radius 2 is 1.86 bits per heavy atom. The summed E-state index contributed by atoms with van der Waals surface area (Å²) in [4.78, 5) is 29.6. The molecule has 0 bridgehead atoms. The van der Waals surface area contributed by atoms with Gasteiger partial charge in [-0.25, -0.2) is 4.79 Å². The van der Waals surface area contributed by atoms with Crippen molar-refractivity contribution in [1.29, 1.82) is 0 Å². The number of ether oxygens (including phenoxy) is 1. The second kappa shape index (κ2) is 7.95. The van der Waals surface area contributed by atoms with Crippen molar-refractivity contribution in [3.05, 3.63) is 63.9 Å². The maximum Gasteiger partial charge on any atom is 0.420 e. The topological polar surface area (TPSA) is 78.7 Å². The Balaban J connectivity index is 1.70. The second-order valence-corrected chi connectivity index (χ2v) is 7.14. The molecule has 0 aliphatic carbocycles. The van der Waals surface area contributed by atoms with Gasteiger partial charge in [0.1, 0.15) is 6.54 Å². The van der Waals surface area contributed by atoms with Gasteiger partial charge in [0.05, 0.1) is 22.3 Å². The van der Waals surface area contributed by atoms with Crippen LogP contribution >= 0.6 is 11.3 Å². The molecule has 4 aromatic rings. The van der Waals surface area contributed by atoms with Gasteiger partial charge in [-0.15, -0.1) is 0 Å². The standard InChI is InChI=1S/C20H19N3O4S/c1-2-26-12-11-22-15-8-4-6-10-17(15)28-19(22)21-18(24)13-23-14-7-3-5-9-16(14)27-20(23)25/h3-10H,2,11-13H2,1H3. The fourth-order valence-electron chi connectivity index (χ4n) is 3.06. The number of aromatic nitrogens is 2. The molecule has 0 radical (unpaired) electrons. The second-order valence-electron chi connectivity index (χ2n) is 6.13. The van der Waals surface area contributed by atoms with E-state index in [1.807, 2.05) is 35.8 Å². The van der Waals surface area contributed by atoms with Crippen molar-refractivity contribution in [1.82, 2.24) is 9.13 Å². The van der Waals surface area contributed by atoms with Crippen molar-refractivity contribution in [2.24, 2.45) is 4.99 Å². The molecular formula is C20H19N3O4S. The SMILES string of the molecule is CCOCCn1c(=NC(=O)Cn2c(=O)oc3ccccc32)sc2ccccc21. The number of rotatable bonds is 6. The van der Waals surface area contributed by atoms with Crippen molar-refractivity contribution in [2.75, 3.05) is 13.2 Å². The monoisotopic (exact) mass is 397 g/mol. The van der Waals surface area contributed by atoms with Gasteiger partial charge < -0.3 is 13.7 Å². The zero-order valence-electron chi connectivity index (χ0n) is 15.3. The van der Waals surface area contributed by atoms with Crippen LogP contribution in [0.2, 0.25) is 0 Å². The number of para-hydroxylation sites is 3. The number of hydrogen-bond donors (Lipinski definition) is 0. The predicted molar refractivity (Wildman–Crippen MR) is 107 cm³/mol. The zero-order valence-corrected chi connectivity index (χ0v) is 16.1. The molecule has 2 aromatic carbocycles. The van der Waals surface area contributed by atoms with Crippen LogP contribution < -0.4 is 10.6 Å². The van der Waals surface area contributed by atoms with E-state index in [1.54, 1.807) is 24.3 Å². The van der Waals surface area contributed by atoms with E-state index in [1.165, 1.54) is 15.9 Å². The number of nitrogens with zero attached hydrogens (tertiary/aromatic N) is 3. The normalized spacial score (nSPS) is 12.2. The summed E-state index contributed by atoms with van der Waals surface area (Å²) in [5.41, 5.74) is 2.04. The molecule has 7 nitrogen and oxygen atoms in total. The minimum atomic E-state index is -0.565. The van der Waals surface area contributed by atoms with Crippen LogP contribution in [0.15, 0.2) is 62.7 Å². The fourth-order valence-corrected chi connectivity index (χ4v) is 4.14. The lowest BCUT2D eigenvalue weighted by molar-refractivity contribution is -0.118. The third-order valence-corrected chi connectivity index (χ3v) is 5.40. The summed E-state index contributed by atoms with van der Waals surface area (Å²) in [6.07, 6.45) is 0. The minimum absolute atomic E-state index is 0.171. The van der Waals surface area contributed by atoms with Crippen LogP contribution in [0, 0.1) is 0 Å². The van der Waals surface area contributed by atoms with Crippen LogP contribution in [0.4, 0.5) is 0 Å². The molecule has 4 rings (SSSR count). The summed E-state index contributed by atoms with van der Waals surface area (Å²) in [6, 6.07) is 14.9. The zero-order chi connectivity index (χ0) is 19.5. The molecule has 0 atom stereocenters. The molecular weight excluding hydrogens is 378 g/mol. The molecule has 0 unspecified atom stereocenters. The van der Waals surface area contributed by atoms with E-state index < -0.39 is 11.7 Å². The summed E-state index contributed by atoms with van der Waals surface area (Å²) in [5, 5.41) is 0. The Kier molecular flexibility index (Phi) is 5.23. The van der Waals surface area contributed by atoms with Crippen LogP contribution in [0.3, 0.4) is 0 Å². The van der Waals surface area contributed by atoms with E-state index in [2.05, 4.69) is 4.99 Å². The van der Waals surface area contributed by atoms with Gasteiger partial charge >= 0.3 is 5.76 Å². The summed E-state index contributed by atoms with van der Waals surface area (Å²) in [5.74, 6) is -0.976. The summed E-state index contributed by atoms with van der Waals surface area (Å²) in [6.45, 7) is 3.53. The molecule has 0 aliphatic rings. The van der Waals surface area contributed by atoms with Gasteiger partial charge in [-0.05, 0) is 31.2 Å². The number of fused-ring (bicyclic) bond motifs is 2. The van der Waals surface area contributed by atoms with Gasteiger partial charge in [-0.2, -0.15) is 4.99 Å². The number of carbonyl (C=O) groups excluding carboxylic acids is 1. The average molecular weight is 397 g/mol. The van der Waals surface area contributed by atoms with Crippen LogP contribution in [-0.4, -0.2) is 28.3 Å². The minimum Gasteiger partial charge on any atom is -0.408 e. The number of oxazole rings is 1. The number of thiazole rings is 1. The summed E-state index contributed by atoms with van der Waals surface area (Å²) < 4.78 is 15.0. The van der Waals surface area contributed by atoms with E-state index in [9.17, 15) is 9.59 Å². The molecule has 0 saturated carbocycles. The first-order valence-electron chi connectivity index (χ1n) is 8.99. The fraction of sp³-hybridized carbons (Fsp3) is 0.250. The van der Waals surface area contributed by atoms with E-state index >= 15 is 0 Å². The summed E-state index contributed by atoms with van der Waals surface area (Å²) >= 11 is 1.44. The highest BCUT2D eigenvalue weighted by Crippen LogP contribution is 2.17. The maximum absolute atomic E-state index is 12.6. The van der Waals surface area contributed by atoms with Crippen molar-refractivity contribution < 1.29 is 13.9 Å². The highest BCUT2D eigenvalue weighted by molar-refractivity contribution is 7.16. The van der Waals surface area contributed by atoms with Crippen LogP contribution in [0.1, 0.15) is 6.92 Å². The molecule has 0 aliphatic heterocycles. The van der Waals surface area contributed by atoms with Crippen molar-refractivity contribution in [2.45, 2.75) is 20.0 Å². The van der Waals surface area contributed by atoms with Gasteiger partial charge in [-0.3, -0.25) is 9.36 Å². The molecule has 2 aromatic heterocycles. The molecule has 2 heterocycles. The quantitative estimate of drug-likeness (QED) is 0.469. The predicted octanol–water partition coefficient (Wildman–Crippen LogP) is 2.77. The Labute approximate surface area is 164 Å². The lowest BCUT2D eigenvalue weighted by Gasteiger charge is -2.05. The van der Waals surface area contributed by atoms with E-state index in [0.29, 0.717) is 35.7 Å². The van der Waals surface area contributed by atoms with Crippen LogP contribution in [0.5, 0.6) is 0 Å². The van der Waals surface area contributed by atoms with Crippen LogP contribution in [-0.2, 0) is 22.6 Å². The van der Waals surface area contributed by atoms with Crippen molar-refractivity contribution in [3.63, 3.8) is 0 Å². The Morgan fingerprint density at radius 1 is 1.11 bits per heavy atom. The van der Waals surface area contributed by atoms with Crippen molar-refractivity contribution in [3.8, 4) is 0 Å². The molecule has 8 heteroatoms.